The van der Waals surface area contributed by atoms with E-state index in [0.717, 1.165) is 13.1 Å². The summed E-state index contributed by atoms with van der Waals surface area (Å²) in [5, 5.41) is 3.57. The van der Waals surface area contributed by atoms with Crippen LogP contribution in [0.1, 0.15) is 46.2 Å². The van der Waals surface area contributed by atoms with Gasteiger partial charge in [-0.2, -0.15) is 0 Å². The zero-order valence-corrected chi connectivity index (χ0v) is 12.5. The van der Waals surface area contributed by atoms with Gasteiger partial charge < -0.3 is 5.32 Å². The summed E-state index contributed by atoms with van der Waals surface area (Å²) in [4.78, 5) is 2.55. The molecule has 1 atom stereocenters. The van der Waals surface area contributed by atoms with Crippen molar-refractivity contribution in [1.82, 2.24) is 10.2 Å². The van der Waals surface area contributed by atoms with E-state index in [0.29, 0.717) is 18.1 Å². The molecule has 1 unspecified atom stereocenters. The SMILES string of the molecule is CCN(C(C)C)C(CNC(C)C)c1ccccc1. The van der Waals surface area contributed by atoms with E-state index >= 15 is 0 Å². The Morgan fingerprint density at radius 1 is 1.06 bits per heavy atom. The smallest absolute Gasteiger partial charge is 0.0475 e. The predicted octanol–water partition coefficient (Wildman–Crippen LogP) is 3.46. The lowest BCUT2D eigenvalue weighted by Crippen LogP contribution is -2.41. The molecule has 0 aliphatic rings. The zero-order chi connectivity index (χ0) is 13.5. The highest BCUT2D eigenvalue weighted by Crippen LogP contribution is 2.22. The molecule has 2 heteroatoms. The first kappa shape index (κ1) is 15.2. The number of nitrogens with one attached hydrogen (secondary N) is 1. The van der Waals surface area contributed by atoms with Crippen LogP contribution in [0.4, 0.5) is 0 Å². The Labute approximate surface area is 112 Å². The molecule has 2 nitrogen and oxygen atoms in total. The highest BCUT2D eigenvalue weighted by atomic mass is 15.2. The Hall–Kier alpha value is -0.860. The average Bonchev–Trinajstić information content (AvgIpc) is 2.34. The lowest BCUT2D eigenvalue weighted by molar-refractivity contribution is 0.157. The molecule has 1 rings (SSSR count). The number of hydrogen-bond acceptors (Lipinski definition) is 2. The van der Waals surface area contributed by atoms with Gasteiger partial charge >= 0.3 is 0 Å². The summed E-state index contributed by atoms with van der Waals surface area (Å²) in [5.41, 5.74) is 1.40. The highest BCUT2D eigenvalue weighted by molar-refractivity contribution is 5.19. The molecule has 0 bridgehead atoms. The van der Waals surface area contributed by atoms with E-state index < -0.39 is 0 Å². The van der Waals surface area contributed by atoms with Gasteiger partial charge in [-0.3, -0.25) is 4.90 Å². The summed E-state index contributed by atoms with van der Waals surface area (Å²) in [6.45, 7) is 13.3. The summed E-state index contributed by atoms with van der Waals surface area (Å²) in [6, 6.07) is 12.4. The average molecular weight is 248 g/mol. The molecular weight excluding hydrogens is 220 g/mol. The van der Waals surface area contributed by atoms with Crippen LogP contribution in [0.25, 0.3) is 0 Å². The second kappa shape index (κ2) is 7.55. The topological polar surface area (TPSA) is 15.3 Å². The minimum Gasteiger partial charge on any atom is -0.313 e. The summed E-state index contributed by atoms with van der Waals surface area (Å²) >= 11 is 0. The monoisotopic (exact) mass is 248 g/mol. The number of rotatable bonds is 7. The number of nitrogens with zero attached hydrogens (tertiary/aromatic N) is 1. The Balaban J connectivity index is 2.87. The molecular formula is C16H28N2. The minimum absolute atomic E-state index is 0.457. The van der Waals surface area contributed by atoms with Gasteiger partial charge in [-0.25, -0.2) is 0 Å². The maximum absolute atomic E-state index is 3.57. The number of benzene rings is 1. The first-order valence-corrected chi connectivity index (χ1v) is 7.10. The molecule has 0 aliphatic heterocycles. The predicted molar refractivity (Wildman–Crippen MR) is 79.8 cm³/mol. The van der Waals surface area contributed by atoms with Crippen LogP contribution in [-0.2, 0) is 0 Å². The van der Waals surface area contributed by atoms with Gasteiger partial charge in [-0.05, 0) is 26.0 Å². The Morgan fingerprint density at radius 2 is 1.67 bits per heavy atom. The van der Waals surface area contributed by atoms with Crippen molar-refractivity contribution >= 4 is 0 Å². The largest absolute Gasteiger partial charge is 0.313 e. The van der Waals surface area contributed by atoms with Crippen molar-refractivity contribution in [2.75, 3.05) is 13.1 Å². The van der Waals surface area contributed by atoms with E-state index in [4.69, 9.17) is 0 Å². The molecule has 0 fully saturated rings. The van der Waals surface area contributed by atoms with Gasteiger partial charge in [-0.15, -0.1) is 0 Å². The Morgan fingerprint density at radius 3 is 2.11 bits per heavy atom. The third-order valence-corrected chi connectivity index (χ3v) is 3.33. The van der Waals surface area contributed by atoms with Crippen molar-refractivity contribution in [3.8, 4) is 0 Å². The van der Waals surface area contributed by atoms with Gasteiger partial charge in [0.15, 0.2) is 0 Å². The van der Waals surface area contributed by atoms with Crippen LogP contribution in [-0.4, -0.2) is 30.1 Å². The summed E-state index contributed by atoms with van der Waals surface area (Å²) in [6.07, 6.45) is 0. The molecule has 0 saturated carbocycles. The molecule has 1 aromatic carbocycles. The third-order valence-electron chi connectivity index (χ3n) is 3.33. The summed E-state index contributed by atoms with van der Waals surface area (Å²) in [5.74, 6) is 0. The maximum atomic E-state index is 3.57. The van der Waals surface area contributed by atoms with E-state index in [2.05, 4.69) is 75.2 Å². The fourth-order valence-corrected chi connectivity index (χ4v) is 2.39. The second-order valence-electron chi connectivity index (χ2n) is 5.41. The summed E-state index contributed by atoms with van der Waals surface area (Å²) in [7, 11) is 0. The van der Waals surface area contributed by atoms with Crippen molar-refractivity contribution in [2.45, 2.75) is 52.7 Å². The van der Waals surface area contributed by atoms with Crippen LogP contribution in [0.5, 0.6) is 0 Å². The normalized spacial score (nSPS) is 13.6. The van der Waals surface area contributed by atoms with E-state index in [-0.39, 0.29) is 0 Å². The third kappa shape index (κ3) is 4.43. The molecule has 18 heavy (non-hydrogen) atoms. The molecule has 102 valence electrons. The van der Waals surface area contributed by atoms with Crippen LogP contribution in [0.2, 0.25) is 0 Å². The Bertz CT molecular complexity index is 319. The van der Waals surface area contributed by atoms with Crippen molar-refractivity contribution < 1.29 is 0 Å². The fourth-order valence-electron chi connectivity index (χ4n) is 2.39. The molecule has 0 heterocycles. The molecule has 0 amide bonds. The van der Waals surface area contributed by atoms with Crippen molar-refractivity contribution in [2.24, 2.45) is 0 Å². The molecule has 0 saturated heterocycles. The number of hydrogen-bond donors (Lipinski definition) is 1. The van der Waals surface area contributed by atoms with E-state index in [1.165, 1.54) is 5.56 Å². The molecule has 0 aliphatic carbocycles. The lowest BCUT2D eigenvalue weighted by atomic mass is 10.0. The summed E-state index contributed by atoms with van der Waals surface area (Å²) < 4.78 is 0. The van der Waals surface area contributed by atoms with Gasteiger partial charge in [0.2, 0.25) is 0 Å². The van der Waals surface area contributed by atoms with Crippen molar-refractivity contribution in [3.05, 3.63) is 35.9 Å². The molecule has 0 aromatic heterocycles. The van der Waals surface area contributed by atoms with Gasteiger partial charge in [0, 0.05) is 24.7 Å². The quantitative estimate of drug-likeness (QED) is 0.795. The first-order chi connectivity index (χ1) is 8.56. The molecule has 0 radical (unpaired) electrons. The molecule has 1 aromatic rings. The van der Waals surface area contributed by atoms with Gasteiger partial charge in [0.1, 0.15) is 0 Å². The van der Waals surface area contributed by atoms with E-state index in [1.54, 1.807) is 0 Å². The van der Waals surface area contributed by atoms with E-state index in [1.807, 2.05) is 0 Å². The van der Waals surface area contributed by atoms with Crippen LogP contribution < -0.4 is 5.32 Å². The van der Waals surface area contributed by atoms with Crippen LogP contribution in [0.15, 0.2) is 30.3 Å². The molecule has 0 spiro atoms. The highest BCUT2D eigenvalue weighted by Gasteiger charge is 2.21. The van der Waals surface area contributed by atoms with Crippen molar-refractivity contribution in [3.63, 3.8) is 0 Å². The lowest BCUT2D eigenvalue weighted by Gasteiger charge is -2.35. The van der Waals surface area contributed by atoms with Crippen LogP contribution >= 0.6 is 0 Å². The van der Waals surface area contributed by atoms with Crippen LogP contribution in [0, 0.1) is 0 Å². The maximum Gasteiger partial charge on any atom is 0.0475 e. The van der Waals surface area contributed by atoms with Gasteiger partial charge in [0.25, 0.3) is 0 Å². The zero-order valence-electron chi connectivity index (χ0n) is 12.5. The Kier molecular flexibility index (Phi) is 6.37. The number of likely N-dealkylation sites (N-methyl/N-ethyl adjacent to an activating group) is 1. The van der Waals surface area contributed by atoms with Crippen LogP contribution in [0.3, 0.4) is 0 Å². The molecule has 1 N–H and O–H groups in total. The van der Waals surface area contributed by atoms with E-state index in [9.17, 15) is 0 Å². The van der Waals surface area contributed by atoms with Crippen molar-refractivity contribution in [1.29, 1.82) is 0 Å². The minimum atomic E-state index is 0.457. The second-order valence-corrected chi connectivity index (χ2v) is 5.41. The van der Waals surface area contributed by atoms with Gasteiger partial charge in [-0.1, -0.05) is 51.1 Å². The standard InChI is InChI=1S/C16H28N2/c1-6-18(14(4)5)16(12-17-13(2)3)15-10-8-7-9-11-15/h7-11,13-14,16-17H,6,12H2,1-5H3. The van der Waals surface area contributed by atoms with Gasteiger partial charge in [0.05, 0.1) is 0 Å². The fraction of sp³-hybridized carbons (Fsp3) is 0.625. The first-order valence-electron chi connectivity index (χ1n) is 7.10.